The van der Waals surface area contributed by atoms with Crippen molar-refractivity contribution in [1.82, 2.24) is 4.57 Å². The Morgan fingerprint density at radius 2 is 1.79 bits per heavy atom. The Morgan fingerprint density at radius 3 is 2.42 bits per heavy atom. The molecule has 1 N–H and O–H groups in total. The lowest BCUT2D eigenvalue weighted by Crippen LogP contribution is -2.12. The van der Waals surface area contributed by atoms with Crippen LogP contribution in [0.25, 0.3) is 22.0 Å². The number of carboxylic acids is 1. The van der Waals surface area contributed by atoms with Gasteiger partial charge in [-0.25, -0.2) is 0 Å². The first-order valence-corrected chi connectivity index (χ1v) is 12.7. The second-order valence-electron chi connectivity index (χ2n) is 9.68. The van der Waals surface area contributed by atoms with Crippen LogP contribution in [0.15, 0.2) is 77.9 Å². The average molecular weight is 541 g/mol. The van der Waals surface area contributed by atoms with Crippen LogP contribution in [-0.4, -0.2) is 28.4 Å². The summed E-state index contributed by atoms with van der Waals surface area (Å²) >= 11 is 6.24. The van der Waals surface area contributed by atoms with Crippen molar-refractivity contribution in [2.75, 3.05) is 6.54 Å². The van der Waals surface area contributed by atoms with E-state index >= 15 is 0 Å². The van der Waals surface area contributed by atoms with Gasteiger partial charge < -0.3 is 9.67 Å². The van der Waals surface area contributed by atoms with E-state index in [2.05, 4.69) is 35.5 Å². The van der Waals surface area contributed by atoms with Crippen LogP contribution >= 0.6 is 11.6 Å². The van der Waals surface area contributed by atoms with E-state index in [-0.39, 0.29) is 24.0 Å². The highest BCUT2D eigenvalue weighted by Gasteiger charge is 2.31. The van der Waals surface area contributed by atoms with Crippen LogP contribution in [-0.2, 0) is 11.0 Å². The topological polar surface area (TPSA) is 54.6 Å². The second-order valence-corrected chi connectivity index (χ2v) is 10.1. The Labute approximate surface area is 224 Å². The predicted molar refractivity (Wildman–Crippen MR) is 146 cm³/mol. The summed E-state index contributed by atoms with van der Waals surface area (Å²) in [6, 6.07) is 19.4. The number of carbonyl (C=O) groups is 1. The lowest BCUT2D eigenvalue weighted by Gasteiger charge is -2.23. The minimum atomic E-state index is -4.44. The second kappa shape index (κ2) is 11.4. The largest absolute Gasteiger partial charge is 0.481 e. The van der Waals surface area contributed by atoms with Crippen molar-refractivity contribution in [1.29, 1.82) is 0 Å². The van der Waals surface area contributed by atoms with Gasteiger partial charge in [0.2, 0.25) is 0 Å². The number of aliphatic carboxylic acids is 1. The highest BCUT2D eigenvalue weighted by Crippen LogP contribution is 2.37. The Balaban J connectivity index is 1.63. The van der Waals surface area contributed by atoms with Crippen LogP contribution in [0.5, 0.6) is 0 Å². The molecule has 0 aliphatic rings. The van der Waals surface area contributed by atoms with Crippen LogP contribution < -0.4 is 0 Å². The van der Waals surface area contributed by atoms with E-state index in [4.69, 9.17) is 16.7 Å². The Bertz CT molecular complexity index is 1460. The fraction of sp³-hybridized carbons (Fsp3) is 0.267. The normalized spacial score (nSPS) is 13.0. The quantitative estimate of drug-likeness (QED) is 0.216. The molecule has 4 aromatic rings. The molecule has 0 unspecified atom stereocenters. The van der Waals surface area contributed by atoms with Gasteiger partial charge in [0.15, 0.2) is 0 Å². The van der Waals surface area contributed by atoms with Gasteiger partial charge in [0.05, 0.1) is 18.0 Å². The zero-order valence-corrected chi connectivity index (χ0v) is 21.8. The van der Waals surface area contributed by atoms with Gasteiger partial charge in [0.1, 0.15) is 0 Å². The molecule has 4 nitrogen and oxygen atoms in total. The summed E-state index contributed by atoms with van der Waals surface area (Å²) in [6.45, 7) is 4.59. The predicted octanol–water partition coefficient (Wildman–Crippen LogP) is 8.51. The van der Waals surface area contributed by atoms with Crippen LogP contribution in [0.4, 0.5) is 13.2 Å². The lowest BCUT2D eigenvalue weighted by atomic mass is 9.95. The molecule has 1 atom stereocenters. The Morgan fingerprint density at radius 1 is 1.05 bits per heavy atom. The van der Waals surface area contributed by atoms with E-state index in [9.17, 15) is 18.0 Å². The summed E-state index contributed by atoms with van der Waals surface area (Å²) in [5.74, 6) is -0.442. The molecular weight excluding hydrogens is 513 g/mol. The fourth-order valence-corrected chi connectivity index (χ4v) is 4.81. The van der Waals surface area contributed by atoms with Crippen LogP contribution in [0.1, 0.15) is 49.4 Å². The first-order valence-electron chi connectivity index (χ1n) is 12.3. The molecule has 4 rings (SSSR count). The molecule has 8 heteroatoms. The van der Waals surface area contributed by atoms with Crippen LogP contribution in [0.3, 0.4) is 0 Å². The summed E-state index contributed by atoms with van der Waals surface area (Å²) < 4.78 is 41.4. The Hall–Kier alpha value is -3.58. The molecule has 0 aliphatic carbocycles. The van der Waals surface area contributed by atoms with Crippen molar-refractivity contribution >= 4 is 34.7 Å². The van der Waals surface area contributed by atoms with Crippen molar-refractivity contribution in [2.45, 2.75) is 38.9 Å². The minimum absolute atomic E-state index is 0.00145. The number of hydrogen-bond donors (Lipinski definition) is 1. The van der Waals surface area contributed by atoms with E-state index in [1.54, 1.807) is 6.21 Å². The highest BCUT2D eigenvalue weighted by molar-refractivity contribution is 6.33. The number of aliphatic imine (C=N–C) groups is 1. The van der Waals surface area contributed by atoms with Crippen molar-refractivity contribution in [3.63, 3.8) is 0 Å². The van der Waals surface area contributed by atoms with Gasteiger partial charge in [0, 0.05) is 40.4 Å². The Kier molecular flexibility index (Phi) is 8.26. The fourth-order valence-electron chi connectivity index (χ4n) is 4.52. The van der Waals surface area contributed by atoms with E-state index < -0.39 is 17.7 Å². The van der Waals surface area contributed by atoms with Gasteiger partial charge >= 0.3 is 12.1 Å². The number of rotatable bonds is 9. The van der Waals surface area contributed by atoms with E-state index in [0.717, 1.165) is 46.1 Å². The average Bonchev–Trinajstić information content (AvgIpc) is 3.28. The summed E-state index contributed by atoms with van der Waals surface area (Å²) in [7, 11) is 0. The highest BCUT2D eigenvalue weighted by atomic mass is 35.5. The SMILES string of the molecule is CC(C)C[C@@H](c1ccc(C=NCCC(=O)O)cc1)n1ccc2cc(-c3ccc(C(F)(F)F)cc3Cl)ccc21. The molecule has 0 fully saturated rings. The number of halogens is 4. The molecule has 0 saturated heterocycles. The molecular formula is C30H28ClF3N2O2. The van der Waals surface area contributed by atoms with Crippen LogP contribution in [0.2, 0.25) is 5.02 Å². The molecule has 3 aromatic carbocycles. The first-order chi connectivity index (χ1) is 18.0. The minimum Gasteiger partial charge on any atom is -0.481 e. The van der Waals surface area contributed by atoms with Gasteiger partial charge in [-0.15, -0.1) is 0 Å². The number of nitrogens with zero attached hydrogens (tertiary/aromatic N) is 2. The maximum Gasteiger partial charge on any atom is 0.416 e. The molecule has 0 radical (unpaired) electrons. The number of fused-ring (bicyclic) bond motifs is 1. The molecule has 0 aliphatic heterocycles. The van der Waals surface area contributed by atoms with Gasteiger partial charge in [-0.1, -0.05) is 61.8 Å². The number of hydrogen-bond acceptors (Lipinski definition) is 2. The third-order valence-corrected chi connectivity index (χ3v) is 6.69. The monoisotopic (exact) mass is 540 g/mol. The number of alkyl halides is 3. The molecule has 1 heterocycles. The van der Waals surface area contributed by atoms with Gasteiger partial charge in [0.25, 0.3) is 0 Å². The summed E-state index contributed by atoms with van der Waals surface area (Å²) in [5.41, 5.74) is 3.58. The maximum atomic E-state index is 13.0. The van der Waals surface area contributed by atoms with E-state index in [1.807, 2.05) is 42.6 Å². The van der Waals surface area contributed by atoms with Crippen LogP contribution in [0, 0.1) is 5.92 Å². The smallest absolute Gasteiger partial charge is 0.416 e. The molecule has 0 saturated carbocycles. The zero-order valence-electron chi connectivity index (χ0n) is 21.0. The number of carboxylic acid groups (broad SMARTS) is 1. The number of benzene rings is 3. The molecule has 0 amide bonds. The van der Waals surface area contributed by atoms with E-state index in [1.165, 1.54) is 6.07 Å². The third-order valence-electron chi connectivity index (χ3n) is 6.37. The van der Waals surface area contributed by atoms with Crippen molar-refractivity contribution in [3.8, 4) is 11.1 Å². The molecule has 0 spiro atoms. The van der Waals surface area contributed by atoms with Crippen molar-refractivity contribution < 1.29 is 23.1 Å². The standard InChI is InChI=1S/C30H28ClF3N2O2/c1-19(2)15-28(21-5-3-20(4-6-21)18-35-13-11-29(37)38)36-14-12-23-16-22(7-10-27(23)36)25-9-8-24(17-26(25)31)30(32,33)34/h3-10,12,14,16-19,28H,11,13,15H2,1-2H3,(H,37,38)/t28-/m0/s1. The van der Waals surface area contributed by atoms with Crippen molar-refractivity contribution in [2.24, 2.45) is 10.9 Å². The maximum absolute atomic E-state index is 13.0. The van der Waals surface area contributed by atoms with Crippen molar-refractivity contribution in [3.05, 3.63) is 94.6 Å². The van der Waals surface area contributed by atoms with Gasteiger partial charge in [-0.3, -0.25) is 9.79 Å². The van der Waals surface area contributed by atoms with Gasteiger partial charge in [-0.05, 0) is 59.4 Å². The molecule has 198 valence electrons. The lowest BCUT2D eigenvalue weighted by molar-refractivity contribution is -0.138. The van der Waals surface area contributed by atoms with Gasteiger partial charge in [-0.2, -0.15) is 13.2 Å². The molecule has 0 bridgehead atoms. The zero-order chi connectivity index (χ0) is 27.4. The first kappa shape index (κ1) is 27.5. The third kappa shape index (κ3) is 6.45. The number of aromatic nitrogens is 1. The van der Waals surface area contributed by atoms with E-state index in [0.29, 0.717) is 11.5 Å². The summed E-state index contributed by atoms with van der Waals surface area (Å²) in [5, 5.41) is 9.77. The summed E-state index contributed by atoms with van der Waals surface area (Å²) in [6.07, 6.45) is 0.182. The summed E-state index contributed by atoms with van der Waals surface area (Å²) in [4.78, 5) is 14.8. The molecule has 1 aromatic heterocycles. The molecule has 38 heavy (non-hydrogen) atoms.